The number of nitrogens with zero attached hydrogens (tertiary/aromatic N) is 2. The summed E-state index contributed by atoms with van der Waals surface area (Å²) in [6.45, 7) is 4.09. The fourth-order valence-electron chi connectivity index (χ4n) is 3.84. The maximum absolute atomic E-state index is 13.7. The lowest BCUT2D eigenvalue weighted by Crippen LogP contribution is -2.32. The first-order valence-electron chi connectivity index (χ1n) is 11.8. The van der Waals surface area contributed by atoms with Gasteiger partial charge in [0.05, 0.1) is 23.7 Å². The molecule has 0 spiro atoms. The SMILES string of the molecule is CCOC(=O)c1ccc(S(=O)(=O)N(Cc2cccnc2)Cc2cc3cc(OCC)ccc3[nH]c2=O)cc1. The Morgan fingerprint density at radius 1 is 1.00 bits per heavy atom. The van der Waals surface area contributed by atoms with Crippen LogP contribution in [0, 0.1) is 0 Å². The summed E-state index contributed by atoms with van der Waals surface area (Å²) < 4.78 is 39.2. The Bertz CT molecular complexity index is 1550. The van der Waals surface area contributed by atoms with Gasteiger partial charge in [0.25, 0.3) is 5.56 Å². The van der Waals surface area contributed by atoms with E-state index in [2.05, 4.69) is 9.97 Å². The lowest BCUT2D eigenvalue weighted by molar-refractivity contribution is 0.0526. The summed E-state index contributed by atoms with van der Waals surface area (Å²) in [6, 6.07) is 16.0. The fourth-order valence-corrected chi connectivity index (χ4v) is 5.25. The number of hydrogen-bond acceptors (Lipinski definition) is 7. The van der Waals surface area contributed by atoms with Crippen LogP contribution in [0.4, 0.5) is 0 Å². The zero-order valence-corrected chi connectivity index (χ0v) is 21.3. The number of ether oxygens (including phenoxy) is 2. The summed E-state index contributed by atoms with van der Waals surface area (Å²) in [7, 11) is -4.06. The molecule has 0 aliphatic heterocycles. The molecule has 0 unspecified atom stereocenters. The molecule has 0 bridgehead atoms. The summed E-state index contributed by atoms with van der Waals surface area (Å²) >= 11 is 0. The van der Waals surface area contributed by atoms with Gasteiger partial charge in [-0.1, -0.05) is 6.07 Å². The van der Waals surface area contributed by atoms with Crippen molar-refractivity contribution in [3.63, 3.8) is 0 Å². The topological polar surface area (TPSA) is 119 Å². The number of aromatic nitrogens is 2. The Labute approximate surface area is 214 Å². The van der Waals surface area contributed by atoms with Gasteiger partial charge in [-0.2, -0.15) is 4.31 Å². The number of carbonyl (C=O) groups excluding carboxylic acids is 1. The summed E-state index contributed by atoms with van der Waals surface area (Å²) in [5.74, 6) is 0.113. The average molecular weight is 522 g/mol. The third kappa shape index (κ3) is 6.04. The number of H-pyrrole nitrogens is 1. The number of nitrogens with one attached hydrogen (secondary N) is 1. The molecule has 0 saturated heterocycles. The van der Waals surface area contributed by atoms with Crippen LogP contribution in [0.3, 0.4) is 0 Å². The van der Waals surface area contributed by atoms with Crippen molar-refractivity contribution in [1.82, 2.24) is 14.3 Å². The van der Waals surface area contributed by atoms with E-state index in [9.17, 15) is 18.0 Å². The molecule has 2 aromatic heterocycles. The monoisotopic (exact) mass is 521 g/mol. The van der Waals surface area contributed by atoms with Crippen molar-refractivity contribution in [1.29, 1.82) is 0 Å². The van der Waals surface area contributed by atoms with Crippen LogP contribution in [0.2, 0.25) is 0 Å². The predicted octanol–water partition coefficient (Wildman–Crippen LogP) is 3.89. The van der Waals surface area contributed by atoms with Crippen LogP contribution >= 0.6 is 0 Å². The molecule has 10 heteroatoms. The molecule has 192 valence electrons. The largest absolute Gasteiger partial charge is 0.494 e. The number of hydrogen-bond donors (Lipinski definition) is 1. The summed E-state index contributed by atoms with van der Waals surface area (Å²) in [5, 5.41) is 0.720. The zero-order valence-electron chi connectivity index (χ0n) is 20.5. The van der Waals surface area contributed by atoms with Crippen LogP contribution in [0.25, 0.3) is 10.9 Å². The van der Waals surface area contributed by atoms with E-state index in [1.807, 2.05) is 6.92 Å². The molecule has 0 radical (unpaired) electrons. The Balaban J connectivity index is 1.72. The first kappa shape index (κ1) is 26.1. The molecule has 0 atom stereocenters. The van der Waals surface area contributed by atoms with Crippen LogP contribution in [0.1, 0.15) is 35.3 Å². The van der Waals surface area contributed by atoms with Crippen molar-refractivity contribution in [2.45, 2.75) is 31.8 Å². The quantitative estimate of drug-likeness (QED) is 0.315. The van der Waals surface area contributed by atoms with E-state index < -0.39 is 16.0 Å². The molecule has 0 fully saturated rings. The molecule has 37 heavy (non-hydrogen) atoms. The van der Waals surface area contributed by atoms with Gasteiger partial charge in [0, 0.05) is 41.9 Å². The molecule has 2 heterocycles. The van der Waals surface area contributed by atoms with E-state index in [0.717, 1.165) is 5.39 Å². The highest BCUT2D eigenvalue weighted by Crippen LogP contribution is 2.23. The molecule has 9 nitrogen and oxygen atoms in total. The fraction of sp³-hybridized carbons (Fsp3) is 0.222. The van der Waals surface area contributed by atoms with Crippen LogP contribution in [-0.2, 0) is 27.8 Å². The second-order valence-corrected chi connectivity index (χ2v) is 10.1. The molecule has 0 amide bonds. The number of benzene rings is 2. The van der Waals surface area contributed by atoms with E-state index in [0.29, 0.717) is 23.4 Å². The van der Waals surface area contributed by atoms with Gasteiger partial charge >= 0.3 is 5.97 Å². The van der Waals surface area contributed by atoms with Crippen LogP contribution < -0.4 is 10.3 Å². The van der Waals surface area contributed by atoms with E-state index >= 15 is 0 Å². The number of fused-ring (bicyclic) bond motifs is 1. The highest BCUT2D eigenvalue weighted by Gasteiger charge is 2.26. The average Bonchev–Trinajstić information content (AvgIpc) is 2.90. The summed E-state index contributed by atoms with van der Waals surface area (Å²) in [4.78, 5) is 31.8. The van der Waals surface area contributed by atoms with Gasteiger partial charge in [-0.25, -0.2) is 13.2 Å². The Morgan fingerprint density at radius 2 is 1.78 bits per heavy atom. The van der Waals surface area contributed by atoms with Crippen LogP contribution in [0.15, 0.2) is 82.7 Å². The summed E-state index contributed by atoms with van der Waals surface area (Å²) in [6.07, 6.45) is 3.17. The maximum Gasteiger partial charge on any atom is 0.338 e. The second kappa shape index (κ2) is 11.4. The Hall–Kier alpha value is -4.02. The van der Waals surface area contributed by atoms with Gasteiger partial charge < -0.3 is 14.5 Å². The number of pyridine rings is 2. The number of rotatable bonds is 10. The van der Waals surface area contributed by atoms with E-state index in [1.54, 1.807) is 55.7 Å². The predicted molar refractivity (Wildman–Crippen MR) is 139 cm³/mol. The lowest BCUT2D eigenvalue weighted by atomic mass is 10.1. The van der Waals surface area contributed by atoms with Gasteiger partial charge in [0.2, 0.25) is 10.0 Å². The molecule has 4 rings (SSSR count). The first-order chi connectivity index (χ1) is 17.8. The van der Waals surface area contributed by atoms with E-state index in [-0.39, 0.29) is 41.3 Å². The van der Waals surface area contributed by atoms with E-state index in [4.69, 9.17) is 9.47 Å². The third-order valence-electron chi connectivity index (χ3n) is 5.64. The molecular weight excluding hydrogens is 494 g/mol. The minimum atomic E-state index is -4.06. The van der Waals surface area contributed by atoms with Crippen molar-refractivity contribution >= 4 is 26.9 Å². The van der Waals surface area contributed by atoms with Crippen LogP contribution in [0.5, 0.6) is 5.75 Å². The number of sulfonamides is 1. The maximum atomic E-state index is 13.7. The molecule has 1 N–H and O–H groups in total. The normalized spacial score (nSPS) is 11.5. The van der Waals surface area contributed by atoms with Crippen molar-refractivity contribution < 1.29 is 22.7 Å². The van der Waals surface area contributed by atoms with Gasteiger partial charge in [0.15, 0.2) is 0 Å². The van der Waals surface area contributed by atoms with Crippen molar-refractivity contribution in [2.75, 3.05) is 13.2 Å². The second-order valence-electron chi connectivity index (χ2n) is 8.18. The number of esters is 1. The number of carbonyl (C=O) groups is 1. The third-order valence-corrected chi connectivity index (χ3v) is 7.44. The zero-order chi connectivity index (χ0) is 26.4. The van der Waals surface area contributed by atoms with Gasteiger partial charge in [-0.05, 0) is 74.0 Å². The van der Waals surface area contributed by atoms with Gasteiger partial charge in [-0.3, -0.25) is 9.78 Å². The number of aromatic amines is 1. The minimum Gasteiger partial charge on any atom is -0.494 e. The summed E-state index contributed by atoms with van der Waals surface area (Å²) in [5.41, 5.74) is 1.41. The molecule has 0 aliphatic rings. The minimum absolute atomic E-state index is 0.00767. The first-order valence-corrected chi connectivity index (χ1v) is 13.2. The van der Waals surface area contributed by atoms with Crippen molar-refractivity contribution in [2.24, 2.45) is 0 Å². The standard InChI is InChI=1S/C27H27N3O6S/c1-3-35-23-9-12-25-21(15-23)14-22(26(31)29-25)18-30(17-19-6-5-13-28-16-19)37(33,34)24-10-7-20(8-11-24)27(32)36-4-2/h5-16H,3-4,17-18H2,1-2H3,(H,29,31). The van der Waals surface area contributed by atoms with Crippen molar-refractivity contribution in [3.8, 4) is 5.75 Å². The smallest absolute Gasteiger partial charge is 0.338 e. The molecule has 0 aliphatic carbocycles. The lowest BCUT2D eigenvalue weighted by Gasteiger charge is -2.22. The van der Waals surface area contributed by atoms with Gasteiger partial charge in [0.1, 0.15) is 5.75 Å². The highest BCUT2D eigenvalue weighted by atomic mass is 32.2. The molecular formula is C27H27N3O6S. The van der Waals surface area contributed by atoms with Crippen molar-refractivity contribution in [3.05, 3.63) is 100 Å². The van der Waals surface area contributed by atoms with Gasteiger partial charge in [-0.15, -0.1) is 0 Å². The Morgan fingerprint density at radius 3 is 2.46 bits per heavy atom. The molecule has 0 saturated carbocycles. The van der Waals surface area contributed by atoms with Crippen LogP contribution in [-0.4, -0.2) is 41.9 Å². The molecule has 4 aromatic rings. The highest BCUT2D eigenvalue weighted by molar-refractivity contribution is 7.89. The molecule has 2 aromatic carbocycles. The Kier molecular flexibility index (Phi) is 8.00. The van der Waals surface area contributed by atoms with E-state index in [1.165, 1.54) is 28.6 Å².